The molecule has 2 N–H and O–H groups in total. The van der Waals surface area contributed by atoms with Crippen molar-refractivity contribution in [2.24, 2.45) is 5.92 Å². The Hall–Kier alpha value is -2.55. The largest absolute Gasteiger partial charge is 0.378 e. The van der Waals surface area contributed by atoms with Crippen LogP contribution in [-0.4, -0.2) is 86.0 Å². The molecule has 1 aromatic heterocycles. The molecule has 4 heterocycles. The summed E-state index contributed by atoms with van der Waals surface area (Å²) in [6, 6.07) is 8.14. The highest BCUT2D eigenvalue weighted by Gasteiger charge is 2.43. The number of fused-ring (bicyclic) bond motifs is 2. The van der Waals surface area contributed by atoms with Gasteiger partial charge in [0.1, 0.15) is 5.82 Å². The number of aldehydes is 1. The molecule has 2 aromatic rings. The van der Waals surface area contributed by atoms with E-state index in [2.05, 4.69) is 29.4 Å². The molecule has 1 amide bonds. The molecule has 3 aliphatic heterocycles. The van der Waals surface area contributed by atoms with Gasteiger partial charge in [-0.2, -0.15) is 0 Å². The first-order valence-electron chi connectivity index (χ1n) is 14.5. The number of nitrogens with zero attached hydrogens (tertiary/aromatic N) is 2. The first kappa shape index (κ1) is 29.9. The van der Waals surface area contributed by atoms with Crippen LogP contribution >= 0.6 is 8.86 Å². The van der Waals surface area contributed by atoms with Crippen molar-refractivity contribution in [1.82, 2.24) is 20.5 Å². The minimum atomic E-state index is -0.543. The van der Waals surface area contributed by atoms with Crippen molar-refractivity contribution >= 4 is 26.9 Å². The number of aryl methyl sites for hydroxylation is 1. The Morgan fingerprint density at radius 3 is 2.63 bits per heavy atom. The fourth-order valence-corrected chi connectivity index (χ4v) is 6.65. The molecule has 1 aliphatic carbocycles. The lowest BCUT2D eigenvalue weighted by atomic mass is 9.81. The van der Waals surface area contributed by atoms with E-state index in [1.165, 1.54) is 25.3 Å². The monoisotopic (exact) mass is 582 g/mol. The number of nitrogens with one attached hydrogen (secondary N) is 2. The lowest BCUT2D eigenvalue weighted by Crippen LogP contribution is -2.54. The van der Waals surface area contributed by atoms with Gasteiger partial charge in [0.15, 0.2) is 6.29 Å². The van der Waals surface area contributed by atoms with Gasteiger partial charge in [0, 0.05) is 50.1 Å². The fourth-order valence-electron chi connectivity index (χ4n) is 6.54. The van der Waals surface area contributed by atoms with Crippen molar-refractivity contribution in [3.8, 4) is 11.3 Å². The Kier molecular flexibility index (Phi) is 9.62. The van der Waals surface area contributed by atoms with E-state index >= 15 is 0 Å². The summed E-state index contributed by atoms with van der Waals surface area (Å²) in [6.07, 6.45) is 7.62. The maximum Gasteiger partial charge on any atom is 0.237 e. The quantitative estimate of drug-likeness (QED) is 0.364. The van der Waals surface area contributed by atoms with Crippen LogP contribution in [-0.2, 0) is 19.9 Å². The number of halogens is 1. The van der Waals surface area contributed by atoms with E-state index in [0.717, 1.165) is 51.0 Å². The summed E-state index contributed by atoms with van der Waals surface area (Å²) in [4.78, 5) is 30.1. The van der Waals surface area contributed by atoms with Crippen molar-refractivity contribution in [2.45, 2.75) is 62.8 Å². The van der Waals surface area contributed by atoms with Gasteiger partial charge in [-0.15, -0.1) is 8.86 Å². The molecule has 3 unspecified atom stereocenters. The van der Waals surface area contributed by atoms with Crippen molar-refractivity contribution in [3.63, 3.8) is 0 Å². The third kappa shape index (κ3) is 6.45. The number of amides is 1. The van der Waals surface area contributed by atoms with Crippen LogP contribution in [0, 0.1) is 18.7 Å². The Morgan fingerprint density at radius 2 is 2.07 bits per heavy atom. The number of aromatic nitrogens is 1. The lowest BCUT2D eigenvalue weighted by Gasteiger charge is -2.46. The smallest absolute Gasteiger partial charge is 0.237 e. The molecule has 41 heavy (non-hydrogen) atoms. The van der Waals surface area contributed by atoms with E-state index in [4.69, 9.17) is 9.47 Å². The number of hydrogen-bond acceptors (Lipinski definition) is 7. The van der Waals surface area contributed by atoms with E-state index < -0.39 is 5.60 Å². The van der Waals surface area contributed by atoms with Crippen LogP contribution < -0.4 is 10.6 Å². The third-order valence-electron chi connectivity index (χ3n) is 9.17. The van der Waals surface area contributed by atoms with Crippen LogP contribution in [0.5, 0.6) is 0 Å². The molecule has 1 saturated carbocycles. The number of pyridine rings is 1. The molecule has 0 radical (unpaired) electrons. The molecule has 220 valence electrons. The van der Waals surface area contributed by atoms with Gasteiger partial charge in [0.25, 0.3) is 0 Å². The lowest BCUT2D eigenvalue weighted by molar-refractivity contribution is -0.123. The second kappa shape index (κ2) is 13.2. The summed E-state index contributed by atoms with van der Waals surface area (Å²) in [5, 5.41) is 6.21. The number of carbonyl (C=O) groups excluding carboxylic acids is 2. The minimum Gasteiger partial charge on any atom is -0.378 e. The predicted molar refractivity (Wildman–Crippen MR) is 159 cm³/mol. The molecular formula is C31H40FN4O4P. The molecule has 3 saturated heterocycles. The second-order valence-electron chi connectivity index (χ2n) is 11.5. The summed E-state index contributed by atoms with van der Waals surface area (Å²) in [7, 11) is 4.91. The predicted octanol–water partition coefficient (Wildman–Crippen LogP) is 3.53. The van der Waals surface area contributed by atoms with Crippen LogP contribution in [0.2, 0.25) is 0 Å². The Balaban J connectivity index is 0.000000216. The minimum absolute atomic E-state index is 0.0744. The number of likely N-dealkylation sites (tertiary alicyclic amines) is 1. The van der Waals surface area contributed by atoms with Crippen molar-refractivity contribution in [3.05, 3.63) is 53.0 Å². The van der Waals surface area contributed by atoms with Gasteiger partial charge in [-0.1, -0.05) is 12.1 Å². The number of rotatable bonds is 8. The molecule has 8 nitrogen and oxygen atoms in total. The van der Waals surface area contributed by atoms with E-state index in [-0.39, 0.29) is 17.8 Å². The van der Waals surface area contributed by atoms with Crippen LogP contribution in [0.3, 0.4) is 0 Å². The number of hydrogen-bond donors (Lipinski definition) is 2. The summed E-state index contributed by atoms with van der Waals surface area (Å²) in [5.74, 6) is 2.24. The molecule has 10 heteroatoms. The first-order chi connectivity index (χ1) is 19.9. The number of piperidine rings is 2. The Labute approximate surface area is 243 Å². The second-order valence-corrected chi connectivity index (χ2v) is 11.9. The standard InChI is InChI=1S/C22H25FN2O3.C9H15N2OP/c1-15-3-4-16(9-20(15)23)21-10-19(17(12-26)11-24-21)22(27-2)5-7-25(8-6-22)18-13-28-14-18;12-9(10-3-4-13)8-6-1-2-7(5-6)11-8/h3-4,9-12,18H,5-8,13-14H2,1-2H3;4,6-8,11,13H,1-3,5H2,(H,10,12). The fraction of sp³-hybridized carbons (Fsp3) is 0.548. The van der Waals surface area contributed by atoms with Crippen LogP contribution in [0.15, 0.2) is 30.5 Å². The van der Waals surface area contributed by atoms with E-state index in [1.807, 2.05) is 12.1 Å². The van der Waals surface area contributed by atoms with Crippen molar-refractivity contribution in [2.75, 3.05) is 40.0 Å². The van der Waals surface area contributed by atoms with Crippen molar-refractivity contribution < 1.29 is 23.5 Å². The summed E-state index contributed by atoms with van der Waals surface area (Å²) < 4.78 is 25.4. The zero-order chi connectivity index (χ0) is 29.0. The average molecular weight is 583 g/mol. The molecule has 1 aromatic carbocycles. The highest BCUT2D eigenvalue weighted by Crippen LogP contribution is 2.40. The maximum atomic E-state index is 14.0. The molecule has 6 rings (SSSR count). The summed E-state index contributed by atoms with van der Waals surface area (Å²) >= 11 is 0. The van der Waals surface area contributed by atoms with Crippen LogP contribution in [0.25, 0.3) is 11.3 Å². The van der Waals surface area contributed by atoms with Gasteiger partial charge in [-0.05, 0) is 74.0 Å². The third-order valence-corrected chi connectivity index (χ3v) is 9.38. The maximum absolute atomic E-state index is 14.0. The molecule has 4 fully saturated rings. The first-order valence-corrected chi connectivity index (χ1v) is 15.1. The zero-order valence-corrected chi connectivity index (χ0v) is 24.8. The molecular weight excluding hydrogens is 542 g/mol. The SMILES string of the molecule is COC1(c2cc(-c3ccc(C)c(F)c3)ncc2C=O)CCN(C2COC2)CC1.O=C(NCC=P)C1NC2CCC1C2. The highest BCUT2D eigenvalue weighted by molar-refractivity contribution is 7.18. The highest BCUT2D eigenvalue weighted by atomic mass is 31.0. The molecule has 3 atom stereocenters. The zero-order valence-electron chi connectivity index (χ0n) is 23.8. The number of methoxy groups -OCH3 is 1. The molecule has 0 spiro atoms. The number of benzene rings is 1. The van der Waals surface area contributed by atoms with E-state index in [0.29, 0.717) is 46.9 Å². The summed E-state index contributed by atoms with van der Waals surface area (Å²) in [6.45, 7) is 5.68. The van der Waals surface area contributed by atoms with Gasteiger partial charge >= 0.3 is 0 Å². The average Bonchev–Trinajstić information content (AvgIpc) is 3.61. The Morgan fingerprint density at radius 1 is 1.29 bits per heavy atom. The topological polar surface area (TPSA) is 92.8 Å². The normalized spacial score (nSPS) is 25.1. The van der Waals surface area contributed by atoms with Gasteiger partial charge in [0.05, 0.1) is 36.6 Å². The van der Waals surface area contributed by atoms with Gasteiger partial charge < -0.3 is 20.1 Å². The van der Waals surface area contributed by atoms with Crippen LogP contribution in [0.1, 0.15) is 53.6 Å². The number of carbonyl (C=O) groups is 2. The van der Waals surface area contributed by atoms with E-state index in [1.54, 1.807) is 32.1 Å². The van der Waals surface area contributed by atoms with Gasteiger partial charge in [-0.3, -0.25) is 19.5 Å². The van der Waals surface area contributed by atoms with Gasteiger partial charge in [-0.25, -0.2) is 4.39 Å². The number of ether oxygens (including phenoxy) is 2. The molecule has 2 bridgehead atoms. The Bertz CT molecular complexity index is 1260. The van der Waals surface area contributed by atoms with Crippen LogP contribution in [0.4, 0.5) is 4.39 Å². The molecule has 4 aliphatic rings. The van der Waals surface area contributed by atoms with Crippen molar-refractivity contribution in [1.29, 1.82) is 0 Å². The van der Waals surface area contributed by atoms with E-state index in [9.17, 15) is 14.0 Å². The summed E-state index contributed by atoms with van der Waals surface area (Å²) in [5.41, 5.74) is 2.74. The van der Waals surface area contributed by atoms with Gasteiger partial charge in [0.2, 0.25) is 5.91 Å².